The zero-order valence-electron chi connectivity index (χ0n) is 14.5. The van der Waals surface area contributed by atoms with Crippen molar-refractivity contribution in [3.63, 3.8) is 0 Å². The molecule has 0 aliphatic carbocycles. The zero-order chi connectivity index (χ0) is 17.6. The molecule has 0 aromatic heterocycles. The van der Waals surface area contributed by atoms with E-state index in [9.17, 15) is 4.79 Å². The molecule has 3 rings (SSSR count). The highest BCUT2D eigenvalue weighted by Crippen LogP contribution is 2.19. The maximum Gasteiger partial charge on any atom is 0.305 e. The quantitative estimate of drug-likeness (QED) is 0.516. The van der Waals surface area contributed by atoms with E-state index in [2.05, 4.69) is 61.2 Å². The molecule has 0 heterocycles. The molecule has 0 bridgehead atoms. The number of carbonyl (C=O) groups is 1. The van der Waals surface area contributed by atoms with Crippen molar-refractivity contribution in [1.29, 1.82) is 0 Å². The highest BCUT2D eigenvalue weighted by molar-refractivity contribution is 5.84. The maximum atomic E-state index is 11.3. The van der Waals surface area contributed by atoms with Gasteiger partial charge in [0.25, 0.3) is 0 Å². The Morgan fingerprint density at radius 3 is 2.28 bits per heavy atom. The fourth-order valence-corrected chi connectivity index (χ4v) is 2.66. The Hall–Kier alpha value is -3.05. The third-order valence-corrected chi connectivity index (χ3v) is 4.15. The van der Waals surface area contributed by atoms with Crippen LogP contribution >= 0.6 is 0 Å². The van der Waals surface area contributed by atoms with Crippen molar-refractivity contribution >= 4 is 16.7 Å². The van der Waals surface area contributed by atoms with Gasteiger partial charge in [0.1, 0.15) is 0 Å². The number of methoxy groups -OCH3 is 1. The van der Waals surface area contributed by atoms with Crippen molar-refractivity contribution < 1.29 is 9.53 Å². The number of carbonyl (C=O) groups excluding carboxylic acids is 1. The van der Waals surface area contributed by atoms with Crippen LogP contribution in [0.1, 0.15) is 28.7 Å². The van der Waals surface area contributed by atoms with Gasteiger partial charge in [0.05, 0.1) is 7.11 Å². The van der Waals surface area contributed by atoms with Gasteiger partial charge in [-0.1, -0.05) is 53.8 Å². The van der Waals surface area contributed by atoms with Crippen LogP contribution in [0.2, 0.25) is 0 Å². The largest absolute Gasteiger partial charge is 0.469 e. The fourth-order valence-electron chi connectivity index (χ4n) is 2.66. The molecule has 0 atom stereocenters. The summed E-state index contributed by atoms with van der Waals surface area (Å²) >= 11 is 0. The molecule has 0 unspecified atom stereocenters. The Labute approximate surface area is 148 Å². The van der Waals surface area contributed by atoms with Gasteiger partial charge in [-0.3, -0.25) is 4.79 Å². The molecule has 0 aliphatic heterocycles. The predicted molar refractivity (Wildman–Crippen MR) is 101 cm³/mol. The maximum absolute atomic E-state index is 11.3. The molecule has 0 aliphatic rings. The lowest BCUT2D eigenvalue weighted by Gasteiger charge is -2.04. The molecule has 0 saturated carbocycles. The van der Waals surface area contributed by atoms with Crippen LogP contribution in [0, 0.1) is 18.8 Å². The first-order valence-corrected chi connectivity index (χ1v) is 8.32. The Kier molecular flexibility index (Phi) is 5.16. The van der Waals surface area contributed by atoms with Gasteiger partial charge in [-0.15, -0.1) is 0 Å². The Morgan fingerprint density at radius 1 is 0.880 bits per heavy atom. The van der Waals surface area contributed by atoms with Crippen LogP contribution in [-0.2, 0) is 16.0 Å². The van der Waals surface area contributed by atoms with Crippen molar-refractivity contribution in [3.8, 4) is 11.8 Å². The van der Waals surface area contributed by atoms with Crippen LogP contribution in [-0.4, -0.2) is 13.1 Å². The standard InChI is InChI=1S/C23H20O2/c1-17-3-5-18(6-4-17)7-8-19-9-12-22-16-20(10-13-21(22)15-19)11-14-23(24)25-2/h3-6,9-10,12-13,15-16H,11,14H2,1-2H3. The lowest BCUT2D eigenvalue weighted by Crippen LogP contribution is -2.01. The molecule has 2 heteroatoms. The minimum Gasteiger partial charge on any atom is -0.469 e. The van der Waals surface area contributed by atoms with E-state index < -0.39 is 0 Å². The molecular weight excluding hydrogens is 308 g/mol. The van der Waals surface area contributed by atoms with E-state index in [0.717, 1.165) is 27.5 Å². The van der Waals surface area contributed by atoms with Crippen LogP contribution in [0.5, 0.6) is 0 Å². The van der Waals surface area contributed by atoms with Crippen molar-refractivity contribution in [3.05, 3.63) is 82.9 Å². The van der Waals surface area contributed by atoms with Crippen LogP contribution in [0.25, 0.3) is 10.8 Å². The molecule has 25 heavy (non-hydrogen) atoms. The van der Waals surface area contributed by atoms with Gasteiger partial charge in [0, 0.05) is 17.5 Å². The molecule has 0 radical (unpaired) electrons. The van der Waals surface area contributed by atoms with Crippen LogP contribution in [0.3, 0.4) is 0 Å². The summed E-state index contributed by atoms with van der Waals surface area (Å²) in [6.45, 7) is 2.07. The van der Waals surface area contributed by atoms with Gasteiger partial charge in [-0.25, -0.2) is 0 Å². The highest BCUT2D eigenvalue weighted by Gasteiger charge is 2.03. The first-order valence-electron chi connectivity index (χ1n) is 8.32. The van der Waals surface area contributed by atoms with Gasteiger partial charge in [-0.05, 0) is 53.9 Å². The number of esters is 1. The summed E-state index contributed by atoms with van der Waals surface area (Å²) in [5.41, 5.74) is 4.38. The minimum atomic E-state index is -0.179. The van der Waals surface area contributed by atoms with Crippen LogP contribution < -0.4 is 0 Å². The second kappa shape index (κ2) is 7.68. The number of hydrogen-bond donors (Lipinski definition) is 0. The van der Waals surface area contributed by atoms with E-state index in [-0.39, 0.29) is 5.97 Å². The van der Waals surface area contributed by atoms with E-state index >= 15 is 0 Å². The third-order valence-electron chi connectivity index (χ3n) is 4.15. The number of ether oxygens (including phenoxy) is 1. The molecular formula is C23H20O2. The summed E-state index contributed by atoms with van der Waals surface area (Å²) in [4.78, 5) is 11.3. The number of rotatable bonds is 3. The molecule has 3 aromatic carbocycles. The average molecular weight is 328 g/mol. The van der Waals surface area contributed by atoms with Gasteiger partial charge < -0.3 is 4.74 Å². The van der Waals surface area contributed by atoms with E-state index in [4.69, 9.17) is 4.74 Å². The monoisotopic (exact) mass is 328 g/mol. The van der Waals surface area contributed by atoms with E-state index in [0.29, 0.717) is 12.8 Å². The third kappa shape index (κ3) is 4.49. The molecule has 0 saturated heterocycles. The first-order chi connectivity index (χ1) is 12.1. The van der Waals surface area contributed by atoms with E-state index in [1.807, 2.05) is 18.2 Å². The lowest BCUT2D eigenvalue weighted by atomic mass is 10.0. The van der Waals surface area contributed by atoms with Crippen molar-refractivity contribution in [2.75, 3.05) is 7.11 Å². The Bertz CT molecular complexity index is 957. The average Bonchev–Trinajstić information content (AvgIpc) is 2.65. The van der Waals surface area contributed by atoms with Gasteiger partial charge in [-0.2, -0.15) is 0 Å². The van der Waals surface area contributed by atoms with Crippen molar-refractivity contribution in [1.82, 2.24) is 0 Å². The van der Waals surface area contributed by atoms with Gasteiger partial charge >= 0.3 is 5.97 Å². The second-order valence-corrected chi connectivity index (χ2v) is 6.09. The Balaban J connectivity index is 1.79. The van der Waals surface area contributed by atoms with Crippen molar-refractivity contribution in [2.45, 2.75) is 19.8 Å². The molecule has 124 valence electrons. The molecule has 2 nitrogen and oxygen atoms in total. The smallest absolute Gasteiger partial charge is 0.305 e. The predicted octanol–water partition coefficient (Wildman–Crippen LogP) is 4.65. The van der Waals surface area contributed by atoms with Crippen molar-refractivity contribution in [2.24, 2.45) is 0 Å². The lowest BCUT2D eigenvalue weighted by molar-refractivity contribution is -0.140. The van der Waals surface area contributed by atoms with E-state index in [1.165, 1.54) is 12.7 Å². The normalized spacial score (nSPS) is 10.2. The molecule has 0 fully saturated rings. The Morgan fingerprint density at radius 2 is 1.52 bits per heavy atom. The summed E-state index contributed by atoms with van der Waals surface area (Å²) in [7, 11) is 1.42. The zero-order valence-corrected chi connectivity index (χ0v) is 14.5. The summed E-state index contributed by atoms with van der Waals surface area (Å²) in [5, 5.41) is 2.31. The molecule has 0 N–H and O–H groups in total. The first kappa shape index (κ1) is 16.8. The van der Waals surface area contributed by atoms with Gasteiger partial charge in [0.2, 0.25) is 0 Å². The van der Waals surface area contributed by atoms with Gasteiger partial charge in [0.15, 0.2) is 0 Å². The SMILES string of the molecule is COC(=O)CCc1ccc2cc(C#Cc3ccc(C)cc3)ccc2c1. The number of benzene rings is 3. The second-order valence-electron chi connectivity index (χ2n) is 6.09. The molecule has 0 amide bonds. The topological polar surface area (TPSA) is 26.3 Å². The summed E-state index contributed by atoms with van der Waals surface area (Å²) in [5.74, 6) is 6.25. The summed E-state index contributed by atoms with van der Waals surface area (Å²) < 4.78 is 4.69. The van der Waals surface area contributed by atoms with Crippen LogP contribution in [0.15, 0.2) is 60.7 Å². The summed E-state index contributed by atoms with van der Waals surface area (Å²) in [6, 6.07) is 20.7. The number of hydrogen-bond acceptors (Lipinski definition) is 2. The van der Waals surface area contributed by atoms with E-state index in [1.54, 1.807) is 0 Å². The fraction of sp³-hybridized carbons (Fsp3) is 0.174. The molecule has 3 aromatic rings. The number of fused-ring (bicyclic) bond motifs is 1. The summed E-state index contributed by atoms with van der Waals surface area (Å²) in [6.07, 6.45) is 1.10. The van der Waals surface area contributed by atoms with Crippen LogP contribution in [0.4, 0.5) is 0 Å². The molecule has 0 spiro atoms. The highest BCUT2D eigenvalue weighted by atomic mass is 16.5. The number of aryl methyl sites for hydroxylation is 2. The minimum absolute atomic E-state index is 0.179.